The van der Waals surface area contributed by atoms with E-state index in [2.05, 4.69) is 37.4 Å². The summed E-state index contributed by atoms with van der Waals surface area (Å²) in [6, 6.07) is 17.4. The molecule has 1 aromatic heterocycles. The molecule has 0 saturated carbocycles. The molecule has 1 aliphatic heterocycles. The molecule has 4 rings (SSSR count). The zero-order valence-electron chi connectivity index (χ0n) is 17.5. The molecule has 3 aromatic rings. The highest BCUT2D eigenvalue weighted by molar-refractivity contribution is 9.10. The van der Waals surface area contributed by atoms with Gasteiger partial charge in [0.05, 0.1) is 13.2 Å². The highest BCUT2D eigenvalue weighted by Crippen LogP contribution is 2.31. The average molecular weight is 484 g/mol. The van der Waals surface area contributed by atoms with Crippen molar-refractivity contribution in [2.75, 3.05) is 26.7 Å². The second-order valence-corrected chi connectivity index (χ2v) is 8.56. The number of likely N-dealkylation sites (tertiary alicyclic amines) is 1. The molecule has 1 amide bonds. The van der Waals surface area contributed by atoms with Crippen LogP contribution in [-0.4, -0.2) is 42.7 Å². The van der Waals surface area contributed by atoms with E-state index in [0.717, 1.165) is 34.4 Å². The van der Waals surface area contributed by atoms with E-state index in [4.69, 9.17) is 9.26 Å². The molecule has 0 spiro atoms. The van der Waals surface area contributed by atoms with Gasteiger partial charge >= 0.3 is 0 Å². The summed E-state index contributed by atoms with van der Waals surface area (Å²) in [5.41, 5.74) is 2.23. The van der Waals surface area contributed by atoms with E-state index in [1.165, 1.54) is 19.3 Å². The maximum atomic E-state index is 12.8. The van der Waals surface area contributed by atoms with Gasteiger partial charge in [-0.15, -0.1) is 0 Å². The fourth-order valence-corrected chi connectivity index (χ4v) is 4.28. The summed E-state index contributed by atoms with van der Waals surface area (Å²) in [7, 11) is 1.68. The summed E-state index contributed by atoms with van der Waals surface area (Å²) in [5.74, 6) is 1.16. The quantitative estimate of drug-likeness (QED) is 0.507. The Labute approximate surface area is 190 Å². The highest BCUT2D eigenvalue weighted by atomic mass is 79.9. The molecule has 6 nitrogen and oxygen atoms in total. The van der Waals surface area contributed by atoms with Gasteiger partial charge < -0.3 is 14.6 Å². The van der Waals surface area contributed by atoms with Crippen LogP contribution >= 0.6 is 15.9 Å². The number of hydrogen-bond acceptors (Lipinski definition) is 5. The van der Waals surface area contributed by atoms with E-state index in [9.17, 15) is 4.79 Å². The number of amides is 1. The summed E-state index contributed by atoms with van der Waals surface area (Å²) in [4.78, 5) is 15.3. The van der Waals surface area contributed by atoms with Crippen LogP contribution in [0, 0.1) is 0 Å². The molecule has 162 valence electrons. The van der Waals surface area contributed by atoms with Crippen LogP contribution in [0.2, 0.25) is 0 Å². The summed E-state index contributed by atoms with van der Waals surface area (Å²) in [6.07, 6.45) is 3.58. The van der Waals surface area contributed by atoms with Crippen LogP contribution in [0.15, 0.2) is 63.6 Å². The molecule has 0 radical (unpaired) electrons. The Morgan fingerprint density at radius 2 is 1.90 bits per heavy atom. The van der Waals surface area contributed by atoms with Gasteiger partial charge in [0.2, 0.25) is 0 Å². The van der Waals surface area contributed by atoms with Crippen molar-refractivity contribution in [3.05, 3.63) is 70.3 Å². The third-order valence-corrected chi connectivity index (χ3v) is 6.19. The number of carbonyl (C=O) groups is 1. The van der Waals surface area contributed by atoms with Gasteiger partial charge in [-0.25, -0.2) is 0 Å². The molecule has 0 bridgehead atoms. The van der Waals surface area contributed by atoms with Gasteiger partial charge in [0.25, 0.3) is 5.91 Å². The van der Waals surface area contributed by atoms with Crippen LogP contribution in [0.1, 0.15) is 41.4 Å². The standard InChI is InChI=1S/C24H26BrN3O3/c1-30-22-8-4-3-7-19(22)21(28-13-5-2-6-14-28)16-26-24(29)20-15-23(31-27-20)17-9-11-18(25)12-10-17/h3-4,7-12,15,21H,2,5-6,13-14,16H2,1H3,(H,26,29)/t21-/m1/s1. The van der Waals surface area contributed by atoms with E-state index in [1.807, 2.05) is 42.5 Å². The summed E-state index contributed by atoms with van der Waals surface area (Å²) in [6.45, 7) is 2.49. The minimum atomic E-state index is -0.246. The van der Waals surface area contributed by atoms with Gasteiger partial charge in [-0.1, -0.05) is 57.8 Å². The zero-order chi connectivity index (χ0) is 21.6. The number of aromatic nitrogens is 1. The third kappa shape index (κ3) is 5.17. The molecular formula is C24H26BrN3O3. The van der Waals surface area contributed by atoms with Gasteiger partial charge in [0.1, 0.15) is 5.75 Å². The van der Waals surface area contributed by atoms with Crippen LogP contribution in [0.4, 0.5) is 0 Å². The first kappa shape index (κ1) is 21.6. The van der Waals surface area contributed by atoms with Gasteiger partial charge in [0, 0.05) is 28.2 Å². The van der Waals surface area contributed by atoms with E-state index >= 15 is 0 Å². The maximum absolute atomic E-state index is 12.8. The lowest BCUT2D eigenvalue weighted by molar-refractivity contribution is 0.0914. The normalized spacial score (nSPS) is 15.4. The minimum absolute atomic E-state index is 0.0400. The van der Waals surface area contributed by atoms with E-state index in [-0.39, 0.29) is 17.6 Å². The predicted molar refractivity (Wildman–Crippen MR) is 123 cm³/mol. The van der Waals surface area contributed by atoms with Gasteiger partial charge in [-0.05, 0) is 44.1 Å². The van der Waals surface area contributed by atoms with E-state index < -0.39 is 0 Å². The number of ether oxygens (including phenoxy) is 1. The first-order chi connectivity index (χ1) is 15.2. The van der Waals surface area contributed by atoms with Crippen LogP contribution < -0.4 is 10.1 Å². The molecule has 1 saturated heterocycles. The Morgan fingerprint density at radius 1 is 1.16 bits per heavy atom. The summed E-state index contributed by atoms with van der Waals surface area (Å²) in [5, 5.41) is 7.03. The number of hydrogen-bond donors (Lipinski definition) is 1. The van der Waals surface area contributed by atoms with Crippen molar-refractivity contribution in [3.8, 4) is 17.1 Å². The van der Waals surface area contributed by atoms with E-state index in [0.29, 0.717) is 12.3 Å². The predicted octanol–water partition coefficient (Wildman–Crippen LogP) is 5.07. The first-order valence-corrected chi connectivity index (χ1v) is 11.3. The fraction of sp³-hybridized carbons (Fsp3) is 0.333. The molecule has 0 unspecified atom stereocenters. The second-order valence-electron chi connectivity index (χ2n) is 7.65. The molecule has 1 fully saturated rings. The molecule has 31 heavy (non-hydrogen) atoms. The lowest BCUT2D eigenvalue weighted by Crippen LogP contribution is -2.40. The molecule has 2 heterocycles. The van der Waals surface area contributed by atoms with Gasteiger partial charge in [-0.3, -0.25) is 9.69 Å². The number of carbonyl (C=O) groups excluding carboxylic acids is 1. The van der Waals surface area contributed by atoms with Crippen LogP contribution in [-0.2, 0) is 0 Å². The molecule has 1 N–H and O–H groups in total. The third-order valence-electron chi connectivity index (χ3n) is 5.66. The number of nitrogens with zero attached hydrogens (tertiary/aromatic N) is 2. The topological polar surface area (TPSA) is 67.6 Å². The van der Waals surface area contributed by atoms with Crippen molar-refractivity contribution in [1.82, 2.24) is 15.4 Å². The minimum Gasteiger partial charge on any atom is -0.496 e. The van der Waals surface area contributed by atoms with Crippen LogP contribution in [0.25, 0.3) is 11.3 Å². The largest absolute Gasteiger partial charge is 0.496 e. The Bertz CT molecular complexity index is 1010. The summed E-state index contributed by atoms with van der Waals surface area (Å²) < 4.78 is 12.0. The summed E-state index contributed by atoms with van der Waals surface area (Å²) >= 11 is 3.42. The Kier molecular flexibility index (Phi) is 7.04. The first-order valence-electron chi connectivity index (χ1n) is 10.5. The molecule has 1 aliphatic rings. The van der Waals surface area contributed by atoms with E-state index in [1.54, 1.807) is 13.2 Å². The molecule has 1 atom stereocenters. The van der Waals surface area contributed by atoms with Crippen molar-refractivity contribution in [1.29, 1.82) is 0 Å². The lowest BCUT2D eigenvalue weighted by atomic mass is 10.0. The zero-order valence-corrected chi connectivity index (χ0v) is 19.1. The van der Waals surface area contributed by atoms with Gasteiger partial charge in [0.15, 0.2) is 11.5 Å². The number of piperidine rings is 1. The fourth-order valence-electron chi connectivity index (χ4n) is 4.02. The second kappa shape index (κ2) is 10.1. The Hall–Kier alpha value is -2.64. The molecule has 7 heteroatoms. The van der Waals surface area contributed by atoms with Crippen LogP contribution in [0.5, 0.6) is 5.75 Å². The number of rotatable bonds is 7. The number of halogens is 1. The van der Waals surface area contributed by atoms with Crippen LogP contribution in [0.3, 0.4) is 0 Å². The molecular weight excluding hydrogens is 458 g/mol. The molecule has 2 aromatic carbocycles. The number of methoxy groups -OCH3 is 1. The number of benzene rings is 2. The average Bonchev–Trinajstić information content (AvgIpc) is 3.31. The SMILES string of the molecule is COc1ccccc1[C@@H](CNC(=O)c1cc(-c2ccc(Br)cc2)on1)N1CCCCC1. The molecule has 0 aliphatic carbocycles. The number of para-hydroxylation sites is 1. The maximum Gasteiger partial charge on any atom is 0.273 e. The lowest BCUT2D eigenvalue weighted by Gasteiger charge is -2.35. The Morgan fingerprint density at radius 3 is 2.65 bits per heavy atom. The van der Waals surface area contributed by atoms with Crippen molar-refractivity contribution in [3.63, 3.8) is 0 Å². The highest BCUT2D eigenvalue weighted by Gasteiger charge is 2.26. The van der Waals surface area contributed by atoms with Gasteiger partial charge in [-0.2, -0.15) is 0 Å². The van der Waals surface area contributed by atoms with Crippen molar-refractivity contribution in [2.24, 2.45) is 0 Å². The van der Waals surface area contributed by atoms with Crippen molar-refractivity contribution in [2.45, 2.75) is 25.3 Å². The van der Waals surface area contributed by atoms with Crippen molar-refractivity contribution >= 4 is 21.8 Å². The Balaban J connectivity index is 1.49. The monoisotopic (exact) mass is 483 g/mol. The number of nitrogens with one attached hydrogen (secondary N) is 1. The van der Waals surface area contributed by atoms with Crippen molar-refractivity contribution < 1.29 is 14.1 Å². The smallest absolute Gasteiger partial charge is 0.273 e.